The number of rotatable bonds is 3. The minimum Gasteiger partial charge on any atom is -0.440 e. The molecule has 1 aliphatic rings. The van der Waals surface area contributed by atoms with E-state index in [0.717, 1.165) is 11.0 Å². The number of carbonyl (C=O) groups is 2. The lowest BCUT2D eigenvalue weighted by Gasteiger charge is -2.23. The molecule has 27 heavy (non-hydrogen) atoms. The second-order valence-electron chi connectivity index (χ2n) is 5.70. The Labute approximate surface area is 148 Å². The van der Waals surface area contributed by atoms with Crippen LogP contribution in [-0.2, 0) is 15.7 Å². The van der Waals surface area contributed by atoms with Crippen LogP contribution < -0.4 is 5.32 Å². The van der Waals surface area contributed by atoms with Crippen LogP contribution >= 0.6 is 0 Å². The van der Waals surface area contributed by atoms with Crippen molar-refractivity contribution in [2.45, 2.75) is 31.2 Å². The Hall–Kier alpha value is -2.53. The van der Waals surface area contributed by atoms with Gasteiger partial charge in [0.2, 0.25) is 5.91 Å². The zero-order chi connectivity index (χ0) is 20.4. The highest BCUT2D eigenvalue weighted by Crippen LogP contribution is 2.33. The second kappa shape index (κ2) is 7.61. The maximum atomic E-state index is 13.3. The number of carbonyl (C=O) groups excluding carboxylic acids is 2. The highest BCUT2D eigenvalue weighted by molar-refractivity contribution is 5.96. The van der Waals surface area contributed by atoms with Crippen molar-refractivity contribution in [1.82, 2.24) is 4.90 Å². The Balaban J connectivity index is 2.08. The van der Waals surface area contributed by atoms with Gasteiger partial charge in [-0.3, -0.25) is 9.69 Å². The predicted molar refractivity (Wildman–Crippen MR) is 77.2 cm³/mol. The number of ether oxygens (including phenoxy) is 1. The van der Waals surface area contributed by atoms with Crippen molar-refractivity contribution in [3.63, 3.8) is 0 Å². The summed E-state index contributed by atoms with van der Waals surface area (Å²) in [5.41, 5.74) is -1.96. The largest absolute Gasteiger partial charge is 0.440 e. The minimum absolute atomic E-state index is 0.0496. The fraction of sp³-hybridized carbons (Fsp3) is 0.467. The lowest BCUT2D eigenvalue weighted by atomic mass is 10.1. The summed E-state index contributed by atoms with van der Waals surface area (Å²) in [4.78, 5) is 24.7. The highest BCUT2D eigenvalue weighted by Gasteiger charge is 2.38. The molecule has 1 saturated heterocycles. The number of benzene rings is 1. The highest BCUT2D eigenvalue weighted by atomic mass is 19.4. The topological polar surface area (TPSA) is 58.6 Å². The smallest absolute Gasteiger partial charge is 0.422 e. The monoisotopic (exact) mass is 402 g/mol. The number of hydrogen-bond acceptors (Lipinski definition) is 3. The Bertz CT molecular complexity index is 718. The molecule has 1 N–H and O–H groups in total. The van der Waals surface area contributed by atoms with Gasteiger partial charge in [-0.25, -0.2) is 9.18 Å². The maximum Gasteiger partial charge on any atom is 0.422 e. The van der Waals surface area contributed by atoms with Crippen LogP contribution in [0.25, 0.3) is 0 Å². The number of amides is 2. The number of likely N-dealkylation sites (tertiary alicyclic amines) is 1. The van der Waals surface area contributed by atoms with Crippen LogP contribution in [0.3, 0.4) is 0 Å². The van der Waals surface area contributed by atoms with E-state index in [0.29, 0.717) is 12.1 Å². The maximum absolute atomic E-state index is 13.3. The van der Waals surface area contributed by atoms with Crippen molar-refractivity contribution in [1.29, 1.82) is 0 Å². The molecule has 0 aromatic heterocycles. The molecule has 0 spiro atoms. The van der Waals surface area contributed by atoms with Crippen molar-refractivity contribution in [2.24, 2.45) is 0 Å². The van der Waals surface area contributed by atoms with Gasteiger partial charge in [0.15, 0.2) is 6.61 Å². The molecule has 1 atom stereocenters. The number of nitrogens with zero attached hydrogens (tertiary/aromatic N) is 1. The van der Waals surface area contributed by atoms with Crippen LogP contribution in [-0.4, -0.2) is 42.3 Å². The van der Waals surface area contributed by atoms with E-state index in [1.54, 1.807) is 0 Å². The molecule has 0 radical (unpaired) electrons. The first-order valence-corrected chi connectivity index (χ1v) is 7.56. The molecule has 1 fully saturated rings. The average molecular weight is 402 g/mol. The molecule has 1 heterocycles. The minimum atomic E-state index is -4.98. The van der Waals surface area contributed by atoms with Crippen molar-refractivity contribution in [3.05, 3.63) is 29.6 Å². The summed E-state index contributed by atoms with van der Waals surface area (Å²) in [5.74, 6) is -2.45. The lowest BCUT2D eigenvalue weighted by Crippen LogP contribution is -2.44. The second-order valence-corrected chi connectivity index (χ2v) is 5.70. The van der Waals surface area contributed by atoms with E-state index in [9.17, 15) is 40.3 Å². The third-order valence-electron chi connectivity index (χ3n) is 3.69. The molecule has 12 heteroatoms. The zero-order valence-corrected chi connectivity index (χ0v) is 13.5. The Morgan fingerprint density at radius 1 is 1.19 bits per heavy atom. The summed E-state index contributed by atoms with van der Waals surface area (Å²) in [5, 5.41) is 2.10. The van der Waals surface area contributed by atoms with Gasteiger partial charge in [0.25, 0.3) is 0 Å². The van der Waals surface area contributed by atoms with E-state index < -0.39 is 48.4 Å². The Kier molecular flexibility index (Phi) is 5.85. The summed E-state index contributed by atoms with van der Waals surface area (Å²) < 4.78 is 91.8. The normalized spacial score (nSPS) is 17.7. The van der Waals surface area contributed by atoms with Crippen LogP contribution in [0.15, 0.2) is 18.2 Å². The van der Waals surface area contributed by atoms with Gasteiger partial charge in [0.1, 0.15) is 11.9 Å². The lowest BCUT2D eigenvalue weighted by molar-refractivity contribution is -0.162. The van der Waals surface area contributed by atoms with Gasteiger partial charge in [-0.1, -0.05) is 0 Å². The summed E-state index contributed by atoms with van der Waals surface area (Å²) in [6.45, 7) is -1.88. The first-order chi connectivity index (χ1) is 12.4. The SMILES string of the molecule is O=C(Nc1ccc(F)c(C(F)(F)F)c1)C1CCCN1C(=O)OCC(F)(F)F. The van der Waals surface area contributed by atoms with Crippen LogP contribution in [0.2, 0.25) is 0 Å². The molecule has 2 amide bonds. The summed E-state index contributed by atoms with van der Waals surface area (Å²) in [6.07, 6.45) is -10.7. The van der Waals surface area contributed by atoms with E-state index in [1.807, 2.05) is 0 Å². The molecular weight excluding hydrogens is 389 g/mol. The fourth-order valence-electron chi connectivity index (χ4n) is 2.53. The molecule has 0 bridgehead atoms. The van der Waals surface area contributed by atoms with Crippen LogP contribution in [0.5, 0.6) is 0 Å². The summed E-state index contributed by atoms with van der Waals surface area (Å²) in [6, 6.07) is 0.575. The van der Waals surface area contributed by atoms with Gasteiger partial charge >= 0.3 is 18.4 Å². The summed E-state index contributed by atoms with van der Waals surface area (Å²) >= 11 is 0. The number of alkyl halides is 6. The number of halogens is 7. The predicted octanol–water partition coefficient (Wildman–Crippen LogP) is 3.95. The fourth-order valence-corrected chi connectivity index (χ4v) is 2.53. The van der Waals surface area contributed by atoms with Gasteiger partial charge in [0, 0.05) is 12.2 Å². The van der Waals surface area contributed by atoms with Gasteiger partial charge in [-0.15, -0.1) is 0 Å². The number of nitrogens with one attached hydrogen (secondary N) is 1. The Morgan fingerprint density at radius 2 is 1.85 bits per heavy atom. The molecule has 2 rings (SSSR count). The molecule has 0 aliphatic carbocycles. The zero-order valence-electron chi connectivity index (χ0n) is 13.5. The van der Waals surface area contributed by atoms with Gasteiger partial charge in [0.05, 0.1) is 5.56 Å². The van der Waals surface area contributed by atoms with E-state index in [4.69, 9.17) is 0 Å². The molecule has 1 aromatic carbocycles. The number of anilines is 1. The van der Waals surface area contributed by atoms with Crippen LogP contribution in [0, 0.1) is 5.82 Å². The van der Waals surface area contributed by atoms with Crippen molar-refractivity contribution < 1.29 is 45.1 Å². The van der Waals surface area contributed by atoms with Gasteiger partial charge in [-0.2, -0.15) is 26.3 Å². The van der Waals surface area contributed by atoms with E-state index in [-0.39, 0.29) is 25.1 Å². The molecular formula is C15H13F7N2O3. The van der Waals surface area contributed by atoms with Crippen molar-refractivity contribution >= 4 is 17.7 Å². The summed E-state index contributed by atoms with van der Waals surface area (Å²) in [7, 11) is 0. The van der Waals surface area contributed by atoms with E-state index in [2.05, 4.69) is 10.1 Å². The molecule has 150 valence electrons. The Morgan fingerprint density at radius 3 is 2.44 bits per heavy atom. The third kappa shape index (κ3) is 5.47. The van der Waals surface area contributed by atoms with Crippen molar-refractivity contribution in [3.8, 4) is 0 Å². The molecule has 1 aromatic rings. The van der Waals surface area contributed by atoms with E-state index in [1.165, 1.54) is 0 Å². The quantitative estimate of drug-likeness (QED) is 0.780. The molecule has 5 nitrogen and oxygen atoms in total. The number of hydrogen-bond donors (Lipinski definition) is 1. The van der Waals surface area contributed by atoms with Crippen molar-refractivity contribution in [2.75, 3.05) is 18.5 Å². The molecule has 0 saturated carbocycles. The third-order valence-corrected chi connectivity index (χ3v) is 3.69. The molecule has 1 aliphatic heterocycles. The molecule has 1 unspecified atom stereocenters. The van der Waals surface area contributed by atoms with E-state index >= 15 is 0 Å². The first-order valence-electron chi connectivity index (χ1n) is 7.56. The van der Waals surface area contributed by atoms with Gasteiger partial charge in [-0.05, 0) is 31.0 Å². The first kappa shape index (κ1) is 20.8. The van der Waals surface area contributed by atoms with Crippen LogP contribution in [0.4, 0.5) is 41.2 Å². The van der Waals surface area contributed by atoms with Gasteiger partial charge < -0.3 is 10.1 Å². The van der Waals surface area contributed by atoms with Crippen LogP contribution in [0.1, 0.15) is 18.4 Å². The standard InChI is InChI=1S/C15H13F7N2O3/c16-10-4-3-8(6-9(10)15(20,21)22)23-12(25)11-2-1-5-24(11)13(26)27-7-14(17,18)19/h3-4,6,11H,1-2,5,7H2,(H,23,25). The average Bonchev–Trinajstić information content (AvgIpc) is 3.02.